The lowest BCUT2D eigenvalue weighted by Crippen LogP contribution is -2.44. The Morgan fingerprint density at radius 1 is 1.24 bits per heavy atom. The summed E-state index contributed by atoms with van der Waals surface area (Å²) in [4.78, 5) is 14.7. The molecular weight excluding hydrogens is 277 g/mol. The first-order valence-electron chi connectivity index (χ1n) is 7.15. The molecule has 1 aromatic carbocycles. The first-order valence-corrected chi connectivity index (χ1v) is 7.15. The quantitative estimate of drug-likeness (QED) is 0.627. The van der Waals surface area contributed by atoms with Crippen molar-refractivity contribution in [1.82, 2.24) is 4.90 Å². The average molecular weight is 295 g/mol. The van der Waals surface area contributed by atoms with Crippen LogP contribution in [0, 0.1) is 15.9 Å². The monoisotopic (exact) mass is 295 g/mol. The van der Waals surface area contributed by atoms with Gasteiger partial charge in [0.2, 0.25) is 0 Å². The van der Waals surface area contributed by atoms with E-state index in [9.17, 15) is 14.5 Å². The fourth-order valence-corrected chi connectivity index (χ4v) is 3.06. The number of rotatable bonds is 3. The SMILES string of the molecule is O=[N+]([O-])c1cc(F)cc(N2CCC(N3CCOCC3)C2)c1. The van der Waals surface area contributed by atoms with Crippen molar-refractivity contribution < 1.29 is 14.1 Å². The second kappa shape index (κ2) is 5.95. The molecule has 7 heteroatoms. The second-order valence-corrected chi connectivity index (χ2v) is 5.46. The molecule has 0 aliphatic carbocycles. The molecule has 21 heavy (non-hydrogen) atoms. The predicted octanol–water partition coefficient (Wildman–Crippen LogP) is 1.64. The largest absolute Gasteiger partial charge is 0.379 e. The minimum atomic E-state index is -0.561. The van der Waals surface area contributed by atoms with E-state index in [1.54, 1.807) is 0 Å². The zero-order chi connectivity index (χ0) is 14.8. The molecule has 0 radical (unpaired) electrons. The summed E-state index contributed by atoms with van der Waals surface area (Å²) in [5, 5.41) is 10.8. The van der Waals surface area contributed by atoms with E-state index in [0.717, 1.165) is 51.9 Å². The topological polar surface area (TPSA) is 58.9 Å². The van der Waals surface area contributed by atoms with Crippen molar-refractivity contribution in [3.05, 3.63) is 34.1 Å². The Morgan fingerprint density at radius 2 is 2.00 bits per heavy atom. The highest BCUT2D eigenvalue weighted by molar-refractivity contribution is 5.54. The number of anilines is 1. The van der Waals surface area contributed by atoms with Crippen molar-refractivity contribution in [2.45, 2.75) is 12.5 Å². The number of nitro groups is 1. The molecule has 2 heterocycles. The maximum Gasteiger partial charge on any atom is 0.274 e. The van der Waals surface area contributed by atoms with Gasteiger partial charge in [-0.2, -0.15) is 0 Å². The third-order valence-electron chi connectivity index (χ3n) is 4.17. The van der Waals surface area contributed by atoms with Crippen LogP contribution >= 0.6 is 0 Å². The van der Waals surface area contributed by atoms with Crippen LogP contribution in [0.25, 0.3) is 0 Å². The van der Waals surface area contributed by atoms with E-state index >= 15 is 0 Å². The van der Waals surface area contributed by atoms with Crippen LogP contribution in [0.5, 0.6) is 0 Å². The van der Waals surface area contributed by atoms with Gasteiger partial charge in [-0.25, -0.2) is 4.39 Å². The van der Waals surface area contributed by atoms with E-state index in [0.29, 0.717) is 11.7 Å². The van der Waals surface area contributed by atoms with Gasteiger partial charge in [0.25, 0.3) is 5.69 Å². The van der Waals surface area contributed by atoms with Crippen LogP contribution in [0.3, 0.4) is 0 Å². The molecule has 0 amide bonds. The number of nitrogens with zero attached hydrogens (tertiary/aromatic N) is 3. The molecular formula is C14H18FN3O3. The molecule has 0 N–H and O–H groups in total. The molecule has 0 bridgehead atoms. The maximum absolute atomic E-state index is 13.5. The summed E-state index contributed by atoms with van der Waals surface area (Å²) in [6.07, 6.45) is 0.990. The van der Waals surface area contributed by atoms with Crippen molar-refractivity contribution >= 4 is 11.4 Å². The van der Waals surface area contributed by atoms with Gasteiger partial charge in [0.1, 0.15) is 5.82 Å². The number of non-ortho nitro benzene ring substituents is 1. The summed E-state index contributed by atoms with van der Waals surface area (Å²) in [5.41, 5.74) is 0.400. The second-order valence-electron chi connectivity index (χ2n) is 5.46. The van der Waals surface area contributed by atoms with Gasteiger partial charge in [-0.3, -0.25) is 15.0 Å². The Bertz CT molecular complexity index is 534. The molecule has 6 nitrogen and oxygen atoms in total. The minimum absolute atomic E-state index is 0.195. The van der Waals surface area contributed by atoms with Crippen LogP contribution in [0.15, 0.2) is 18.2 Å². The van der Waals surface area contributed by atoms with Crippen molar-refractivity contribution in [3.63, 3.8) is 0 Å². The first-order chi connectivity index (χ1) is 10.1. The molecule has 2 fully saturated rings. The van der Waals surface area contributed by atoms with E-state index in [1.807, 2.05) is 4.90 Å². The Kier molecular flexibility index (Phi) is 4.03. The van der Waals surface area contributed by atoms with Gasteiger partial charge in [0.15, 0.2) is 0 Å². The molecule has 1 aromatic rings. The average Bonchev–Trinajstić information content (AvgIpc) is 2.97. The van der Waals surface area contributed by atoms with Crippen LogP contribution in [-0.2, 0) is 4.74 Å². The fourth-order valence-electron chi connectivity index (χ4n) is 3.06. The highest BCUT2D eigenvalue weighted by Crippen LogP contribution is 2.28. The van der Waals surface area contributed by atoms with E-state index in [4.69, 9.17) is 4.74 Å². The van der Waals surface area contributed by atoms with Gasteiger partial charge in [0.05, 0.1) is 24.2 Å². The number of nitro benzene ring substituents is 1. The lowest BCUT2D eigenvalue weighted by molar-refractivity contribution is -0.385. The molecule has 0 spiro atoms. The van der Waals surface area contributed by atoms with Gasteiger partial charge in [-0.1, -0.05) is 0 Å². The first kappa shape index (κ1) is 14.2. The third kappa shape index (κ3) is 3.14. The van der Waals surface area contributed by atoms with Crippen LogP contribution in [-0.4, -0.2) is 55.3 Å². The summed E-state index contributed by atoms with van der Waals surface area (Å²) in [6, 6.07) is 4.19. The Balaban J connectivity index is 1.72. The molecule has 2 saturated heterocycles. The molecule has 0 saturated carbocycles. The lowest BCUT2D eigenvalue weighted by atomic mass is 10.2. The highest BCUT2D eigenvalue weighted by Gasteiger charge is 2.29. The number of benzene rings is 1. The van der Waals surface area contributed by atoms with Crippen molar-refractivity contribution in [2.24, 2.45) is 0 Å². The van der Waals surface area contributed by atoms with Crippen LogP contribution in [0.2, 0.25) is 0 Å². The maximum atomic E-state index is 13.5. The number of ether oxygens (including phenoxy) is 1. The lowest BCUT2D eigenvalue weighted by Gasteiger charge is -2.32. The summed E-state index contributed by atoms with van der Waals surface area (Å²) >= 11 is 0. The summed E-state index contributed by atoms with van der Waals surface area (Å²) in [6.45, 7) is 4.91. The fraction of sp³-hybridized carbons (Fsp3) is 0.571. The normalized spacial score (nSPS) is 23.5. The van der Waals surface area contributed by atoms with Gasteiger partial charge in [-0.05, 0) is 12.5 Å². The van der Waals surface area contributed by atoms with Crippen molar-refractivity contribution in [3.8, 4) is 0 Å². The number of halogens is 1. The van der Waals surface area contributed by atoms with Gasteiger partial charge in [-0.15, -0.1) is 0 Å². The number of morpholine rings is 1. The van der Waals surface area contributed by atoms with Crippen LogP contribution in [0.4, 0.5) is 15.8 Å². The van der Waals surface area contributed by atoms with E-state index in [2.05, 4.69) is 4.90 Å². The molecule has 0 aromatic heterocycles. The number of hydrogen-bond donors (Lipinski definition) is 0. The Labute approximate surface area is 122 Å². The zero-order valence-corrected chi connectivity index (χ0v) is 11.7. The molecule has 114 valence electrons. The van der Waals surface area contributed by atoms with Crippen molar-refractivity contribution in [2.75, 3.05) is 44.3 Å². The van der Waals surface area contributed by atoms with Gasteiger partial charge < -0.3 is 9.64 Å². The smallest absolute Gasteiger partial charge is 0.274 e. The Hall–Kier alpha value is -1.73. The van der Waals surface area contributed by atoms with E-state index in [-0.39, 0.29) is 5.69 Å². The number of hydrogen-bond acceptors (Lipinski definition) is 5. The zero-order valence-electron chi connectivity index (χ0n) is 11.7. The third-order valence-corrected chi connectivity index (χ3v) is 4.17. The summed E-state index contributed by atoms with van der Waals surface area (Å²) in [7, 11) is 0. The van der Waals surface area contributed by atoms with Crippen LogP contribution < -0.4 is 4.90 Å². The highest BCUT2D eigenvalue weighted by atomic mass is 19.1. The summed E-state index contributed by atoms with van der Waals surface area (Å²) < 4.78 is 18.9. The summed E-state index contributed by atoms with van der Waals surface area (Å²) in [5.74, 6) is -0.561. The standard InChI is InChI=1S/C14H18FN3O3/c15-11-7-13(9-14(8-11)18(19)20)17-2-1-12(10-17)16-3-5-21-6-4-16/h7-9,12H,1-6,10H2. The van der Waals surface area contributed by atoms with E-state index in [1.165, 1.54) is 12.1 Å². The molecule has 2 aliphatic rings. The van der Waals surface area contributed by atoms with Crippen molar-refractivity contribution in [1.29, 1.82) is 0 Å². The molecule has 1 atom stereocenters. The molecule has 3 rings (SSSR count). The van der Waals surface area contributed by atoms with Crippen LogP contribution in [0.1, 0.15) is 6.42 Å². The Morgan fingerprint density at radius 3 is 2.71 bits per heavy atom. The predicted molar refractivity (Wildman–Crippen MR) is 76.1 cm³/mol. The van der Waals surface area contributed by atoms with Gasteiger partial charge in [0, 0.05) is 44.0 Å². The molecule has 1 unspecified atom stereocenters. The molecule has 2 aliphatic heterocycles. The minimum Gasteiger partial charge on any atom is -0.379 e. The van der Waals surface area contributed by atoms with E-state index < -0.39 is 10.7 Å². The van der Waals surface area contributed by atoms with Gasteiger partial charge >= 0.3 is 0 Å².